The van der Waals surface area contributed by atoms with Gasteiger partial charge in [-0.25, -0.2) is 0 Å². The SMILES string of the molecule is CC.CCC(C)(C)C.CCC(C)c1ccccc1. The molecule has 0 saturated carbocycles. The van der Waals surface area contributed by atoms with Crippen LogP contribution >= 0.6 is 0 Å². The Morgan fingerprint density at radius 2 is 1.33 bits per heavy atom. The molecule has 0 aliphatic carbocycles. The van der Waals surface area contributed by atoms with Crippen molar-refractivity contribution in [1.82, 2.24) is 0 Å². The maximum absolute atomic E-state index is 2.26. The largest absolute Gasteiger partial charge is 0.0683 e. The summed E-state index contributed by atoms with van der Waals surface area (Å²) in [5.41, 5.74) is 1.99. The third-order valence-corrected chi connectivity index (χ3v) is 3.04. The lowest BCUT2D eigenvalue weighted by atomic mass is 9.94. The third kappa shape index (κ3) is 11.7. The molecule has 0 nitrogen and oxygen atoms in total. The monoisotopic (exact) mass is 250 g/mol. The Kier molecular flexibility index (Phi) is 12.3. The lowest BCUT2D eigenvalue weighted by Crippen LogP contribution is -2.00. The van der Waals surface area contributed by atoms with Crippen molar-refractivity contribution in [2.45, 2.75) is 74.1 Å². The van der Waals surface area contributed by atoms with Crippen LogP contribution in [-0.4, -0.2) is 0 Å². The van der Waals surface area contributed by atoms with E-state index in [4.69, 9.17) is 0 Å². The number of hydrogen-bond donors (Lipinski definition) is 0. The molecule has 0 fully saturated rings. The smallest absolute Gasteiger partial charge is 0.0193 e. The molecule has 1 aromatic carbocycles. The van der Waals surface area contributed by atoms with Crippen LogP contribution in [0.5, 0.6) is 0 Å². The van der Waals surface area contributed by atoms with Crippen LogP contribution in [0.25, 0.3) is 0 Å². The van der Waals surface area contributed by atoms with Crippen LogP contribution < -0.4 is 0 Å². The van der Waals surface area contributed by atoms with Gasteiger partial charge in [0.2, 0.25) is 0 Å². The fourth-order valence-electron chi connectivity index (χ4n) is 1.02. The van der Waals surface area contributed by atoms with Gasteiger partial charge in [-0.1, -0.05) is 92.1 Å². The summed E-state index contributed by atoms with van der Waals surface area (Å²) in [6.45, 7) is 17.4. The van der Waals surface area contributed by atoms with Gasteiger partial charge in [0, 0.05) is 0 Å². The third-order valence-electron chi connectivity index (χ3n) is 3.04. The molecule has 0 heterocycles. The zero-order chi connectivity index (χ0) is 14.6. The fourth-order valence-corrected chi connectivity index (χ4v) is 1.02. The lowest BCUT2D eigenvalue weighted by Gasteiger charge is -2.12. The summed E-state index contributed by atoms with van der Waals surface area (Å²) in [6.07, 6.45) is 2.50. The molecule has 1 unspecified atom stereocenters. The Morgan fingerprint density at radius 1 is 0.944 bits per heavy atom. The highest BCUT2D eigenvalue weighted by atomic mass is 14.1. The number of rotatable bonds is 2. The van der Waals surface area contributed by atoms with Crippen LogP contribution in [-0.2, 0) is 0 Å². The molecule has 0 N–H and O–H groups in total. The second-order valence-corrected chi connectivity index (χ2v) is 5.63. The van der Waals surface area contributed by atoms with Crippen molar-refractivity contribution < 1.29 is 0 Å². The predicted molar refractivity (Wildman–Crippen MR) is 86.2 cm³/mol. The lowest BCUT2D eigenvalue weighted by molar-refractivity contribution is 0.398. The molecule has 0 aliphatic heterocycles. The van der Waals surface area contributed by atoms with Gasteiger partial charge >= 0.3 is 0 Å². The van der Waals surface area contributed by atoms with E-state index >= 15 is 0 Å². The molecule has 0 radical (unpaired) electrons. The molecule has 0 saturated heterocycles. The van der Waals surface area contributed by atoms with E-state index in [0.29, 0.717) is 11.3 Å². The van der Waals surface area contributed by atoms with Crippen molar-refractivity contribution in [3.8, 4) is 0 Å². The van der Waals surface area contributed by atoms with E-state index in [2.05, 4.69) is 71.9 Å². The standard InChI is InChI=1S/C10H14.C6H14.C2H6/c1-3-9(2)10-7-5-4-6-8-10;1-5-6(2,3)4;1-2/h4-9H,3H2,1-2H3;5H2,1-4H3;1-2H3. The van der Waals surface area contributed by atoms with Crippen LogP contribution in [0.3, 0.4) is 0 Å². The molecule has 0 bridgehead atoms. The first-order chi connectivity index (χ1) is 8.40. The Hall–Kier alpha value is -0.780. The van der Waals surface area contributed by atoms with Gasteiger partial charge in [0.1, 0.15) is 0 Å². The van der Waals surface area contributed by atoms with Crippen molar-refractivity contribution >= 4 is 0 Å². The van der Waals surface area contributed by atoms with Gasteiger partial charge in [0.15, 0.2) is 0 Å². The summed E-state index contributed by atoms with van der Waals surface area (Å²) >= 11 is 0. The molecule has 0 amide bonds. The van der Waals surface area contributed by atoms with Gasteiger partial charge in [-0.2, -0.15) is 0 Å². The maximum atomic E-state index is 2.26. The van der Waals surface area contributed by atoms with Crippen LogP contribution in [0.4, 0.5) is 0 Å². The summed E-state index contributed by atoms with van der Waals surface area (Å²) in [5, 5.41) is 0. The second-order valence-electron chi connectivity index (χ2n) is 5.63. The summed E-state index contributed by atoms with van der Waals surface area (Å²) in [6, 6.07) is 10.6. The van der Waals surface area contributed by atoms with Crippen LogP contribution in [0.2, 0.25) is 0 Å². The molecule has 0 spiro atoms. The van der Waals surface area contributed by atoms with Gasteiger partial charge in [-0.3, -0.25) is 0 Å². The highest BCUT2D eigenvalue weighted by Crippen LogP contribution is 2.17. The normalized spacial score (nSPS) is 11.6. The first kappa shape index (κ1) is 19.6. The van der Waals surface area contributed by atoms with Gasteiger partial charge < -0.3 is 0 Å². The summed E-state index contributed by atoms with van der Waals surface area (Å²) < 4.78 is 0. The Morgan fingerprint density at radius 3 is 1.61 bits per heavy atom. The Balaban J connectivity index is 0. The van der Waals surface area contributed by atoms with Crippen molar-refractivity contribution in [3.05, 3.63) is 35.9 Å². The maximum Gasteiger partial charge on any atom is -0.0193 e. The molecule has 106 valence electrons. The predicted octanol–water partition coefficient (Wildman–Crippen LogP) is 6.67. The van der Waals surface area contributed by atoms with Crippen molar-refractivity contribution in [2.75, 3.05) is 0 Å². The highest BCUT2D eigenvalue weighted by Gasteiger charge is 2.03. The Bertz CT molecular complexity index is 253. The van der Waals surface area contributed by atoms with Gasteiger partial charge in [-0.15, -0.1) is 0 Å². The van der Waals surface area contributed by atoms with E-state index in [-0.39, 0.29) is 0 Å². The minimum atomic E-state index is 0.542. The molecule has 0 aliphatic rings. The zero-order valence-corrected chi connectivity index (χ0v) is 13.9. The summed E-state index contributed by atoms with van der Waals surface area (Å²) in [5.74, 6) is 0.709. The van der Waals surface area contributed by atoms with Crippen LogP contribution in [0, 0.1) is 5.41 Å². The average molecular weight is 250 g/mol. The molecular weight excluding hydrogens is 216 g/mol. The first-order valence-corrected chi connectivity index (χ1v) is 7.45. The molecular formula is C18H34. The van der Waals surface area contributed by atoms with E-state index in [9.17, 15) is 0 Å². The second kappa shape index (κ2) is 11.3. The van der Waals surface area contributed by atoms with Gasteiger partial charge in [-0.05, 0) is 23.3 Å². The van der Waals surface area contributed by atoms with E-state index in [1.165, 1.54) is 18.4 Å². The minimum absolute atomic E-state index is 0.542. The Labute approximate surface area is 116 Å². The van der Waals surface area contributed by atoms with Crippen molar-refractivity contribution in [2.24, 2.45) is 5.41 Å². The van der Waals surface area contributed by atoms with Crippen LogP contribution in [0.1, 0.15) is 79.7 Å². The average Bonchev–Trinajstić information content (AvgIpc) is 2.41. The van der Waals surface area contributed by atoms with E-state index in [0.717, 1.165) is 0 Å². The van der Waals surface area contributed by atoms with Crippen LogP contribution in [0.15, 0.2) is 30.3 Å². The highest BCUT2D eigenvalue weighted by molar-refractivity contribution is 5.18. The van der Waals surface area contributed by atoms with E-state index < -0.39 is 0 Å². The molecule has 1 atom stereocenters. The van der Waals surface area contributed by atoms with Gasteiger partial charge in [0.05, 0.1) is 0 Å². The molecule has 18 heavy (non-hydrogen) atoms. The number of benzene rings is 1. The first-order valence-electron chi connectivity index (χ1n) is 7.45. The summed E-state index contributed by atoms with van der Waals surface area (Å²) in [7, 11) is 0. The molecule has 1 aromatic rings. The van der Waals surface area contributed by atoms with E-state index in [1.807, 2.05) is 13.8 Å². The minimum Gasteiger partial charge on any atom is -0.0683 e. The fraction of sp³-hybridized carbons (Fsp3) is 0.667. The van der Waals surface area contributed by atoms with Crippen molar-refractivity contribution in [1.29, 1.82) is 0 Å². The molecule has 0 heteroatoms. The summed E-state index contributed by atoms with van der Waals surface area (Å²) in [4.78, 5) is 0. The van der Waals surface area contributed by atoms with Gasteiger partial charge in [0.25, 0.3) is 0 Å². The quantitative estimate of drug-likeness (QED) is 0.550. The number of hydrogen-bond acceptors (Lipinski definition) is 0. The molecule has 1 rings (SSSR count). The van der Waals surface area contributed by atoms with Crippen molar-refractivity contribution in [3.63, 3.8) is 0 Å². The van der Waals surface area contributed by atoms with E-state index in [1.54, 1.807) is 0 Å². The zero-order valence-electron chi connectivity index (χ0n) is 13.9. The topological polar surface area (TPSA) is 0 Å². The molecule has 0 aromatic heterocycles.